The van der Waals surface area contributed by atoms with E-state index in [-0.39, 0.29) is 6.04 Å². The number of benzene rings is 2. The normalized spacial score (nSPS) is 20.7. The number of piperidine rings is 1. The lowest BCUT2D eigenvalue weighted by molar-refractivity contribution is 0.185. The Labute approximate surface area is 174 Å². The van der Waals surface area contributed by atoms with E-state index in [0.717, 1.165) is 30.2 Å². The van der Waals surface area contributed by atoms with Gasteiger partial charge in [-0.25, -0.2) is 4.99 Å². The van der Waals surface area contributed by atoms with E-state index in [2.05, 4.69) is 52.5 Å². The average molecular weight is 393 g/mol. The van der Waals surface area contributed by atoms with Crippen molar-refractivity contribution in [1.82, 2.24) is 10.2 Å². The number of nitrogens with two attached hydrogens (primary N) is 1. The predicted molar refractivity (Wildman–Crippen MR) is 118 cm³/mol. The summed E-state index contributed by atoms with van der Waals surface area (Å²) < 4.78 is 5.73. The van der Waals surface area contributed by atoms with Crippen LogP contribution in [0.15, 0.2) is 53.5 Å². The lowest BCUT2D eigenvalue weighted by atomic mass is 9.98. The molecule has 1 atom stereocenters. The molecule has 3 N–H and O–H groups in total. The number of nitrogens with one attached hydrogen (secondary N) is 1. The highest BCUT2D eigenvalue weighted by Gasteiger charge is 2.21. The van der Waals surface area contributed by atoms with Crippen molar-refractivity contribution < 1.29 is 4.74 Å². The van der Waals surface area contributed by atoms with Crippen molar-refractivity contribution in [1.29, 1.82) is 0 Å². The Bertz CT molecular complexity index is 842. The van der Waals surface area contributed by atoms with Crippen LogP contribution >= 0.6 is 0 Å². The molecule has 0 saturated carbocycles. The summed E-state index contributed by atoms with van der Waals surface area (Å²) in [6, 6.07) is 16.9. The summed E-state index contributed by atoms with van der Waals surface area (Å²) in [7, 11) is 0. The van der Waals surface area contributed by atoms with Gasteiger partial charge >= 0.3 is 0 Å². The zero-order valence-corrected chi connectivity index (χ0v) is 17.3. The second kappa shape index (κ2) is 9.31. The first kappa shape index (κ1) is 19.8. The molecule has 2 aliphatic heterocycles. The third-order valence-electron chi connectivity index (χ3n) is 6.09. The largest absolute Gasteiger partial charge is 0.493 e. The van der Waals surface area contributed by atoms with Crippen LogP contribution in [0.5, 0.6) is 5.75 Å². The summed E-state index contributed by atoms with van der Waals surface area (Å²) >= 11 is 0. The highest BCUT2D eigenvalue weighted by Crippen LogP contribution is 2.31. The summed E-state index contributed by atoms with van der Waals surface area (Å²) in [5, 5.41) is 3.39. The predicted octanol–water partition coefficient (Wildman–Crippen LogP) is 3.85. The summed E-state index contributed by atoms with van der Waals surface area (Å²) in [5.74, 6) is 2.28. The van der Waals surface area contributed by atoms with Gasteiger partial charge in [0.15, 0.2) is 5.96 Å². The van der Waals surface area contributed by atoms with Gasteiger partial charge in [-0.2, -0.15) is 0 Å². The number of para-hydroxylation sites is 1. The van der Waals surface area contributed by atoms with Crippen LogP contribution in [0.1, 0.15) is 48.9 Å². The van der Waals surface area contributed by atoms with Gasteiger partial charge in [0, 0.05) is 18.5 Å². The van der Waals surface area contributed by atoms with Gasteiger partial charge in [-0.15, -0.1) is 0 Å². The molecular weight excluding hydrogens is 360 g/mol. The second-order valence-corrected chi connectivity index (χ2v) is 8.30. The molecule has 0 spiro atoms. The molecule has 2 aromatic rings. The van der Waals surface area contributed by atoms with Crippen LogP contribution in [0.3, 0.4) is 0 Å². The van der Waals surface area contributed by atoms with Gasteiger partial charge in [0.2, 0.25) is 0 Å². The van der Waals surface area contributed by atoms with Crippen LogP contribution in [0.25, 0.3) is 0 Å². The third kappa shape index (κ3) is 5.10. The minimum Gasteiger partial charge on any atom is -0.493 e. The van der Waals surface area contributed by atoms with E-state index in [1.807, 2.05) is 18.2 Å². The summed E-state index contributed by atoms with van der Waals surface area (Å²) in [6.45, 7) is 7.02. The molecule has 0 radical (unpaired) electrons. The third-order valence-corrected chi connectivity index (χ3v) is 6.09. The van der Waals surface area contributed by atoms with Crippen molar-refractivity contribution in [2.24, 2.45) is 16.6 Å². The van der Waals surface area contributed by atoms with Crippen LogP contribution < -0.4 is 15.8 Å². The highest BCUT2D eigenvalue weighted by molar-refractivity contribution is 5.78. The number of fused-ring (bicyclic) bond motifs is 1. The first-order valence-corrected chi connectivity index (χ1v) is 10.8. The van der Waals surface area contributed by atoms with Crippen molar-refractivity contribution >= 4 is 5.96 Å². The molecule has 5 heteroatoms. The molecule has 1 unspecified atom stereocenters. The Kier molecular flexibility index (Phi) is 6.35. The molecule has 0 amide bonds. The van der Waals surface area contributed by atoms with Crippen molar-refractivity contribution in [2.75, 3.05) is 19.7 Å². The zero-order chi connectivity index (χ0) is 20.1. The van der Waals surface area contributed by atoms with Gasteiger partial charge < -0.3 is 15.8 Å². The molecule has 0 aromatic heterocycles. The quantitative estimate of drug-likeness (QED) is 0.599. The molecule has 4 rings (SSSR count). The number of aliphatic imine (C=N–C) groups is 1. The number of hydrogen-bond acceptors (Lipinski definition) is 3. The number of hydrogen-bond donors (Lipinski definition) is 2. The monoisotopic (exact) mass is 392 g/mol. The minimum absolute atomic E-state index is 0.147. The maximum absolute atomic E-state index is 6.25. The SMILES string of the molecule is CC1CCN(Cc2ccccc2CN=C(N)NC2CCOc3ccccc32)CC1. The topological polar surface area (TPSA) is 62.9 Å². The molecule has 5 nitrogen and oxygen atoms in total. The molecular formula is C24H32N4O. The summed E-state index contributed by atoms with van der Waals surface area (Å²) in [5.41, 5.74) is 10.0. The molecule has 1 fully saturated rings. The van der Waals surface area contributed by atoms with Gasteiger partial charge in [-0.3, -0.25) is 4.90 Å². The molecule has 2 aliphatic rings. The fourth-order valence-electron chi connectivity index (χ4n) is 4.21. The van der Waals surface area contributed by atoms with E-state index < -0.39 is 0 Å². The van der Waals surface area contributed by atoms with Crippen molar-refractivity contribution in [3.63, 3.8) is 0 Å². The van der Waals surface area contributed by atoms with E-state index in [0.29, 0.717) is 19.1 Å². The Morgan fingerprint density at radius 1 is 1.07 bits per heavy atom. The van der Waals surface area contributed by atoms with Gasteiger partial charge in [-0.05, 0) is 49.0 Å². The van der Waals surface area contributed by atoms with Crippen LogP contribution in [0, 0.1) is 5.92 Å². The van der Waals surface area contributed by atoms with Gasteiger partial charge in [0.1, 0.15) is 5.75 Å². The molecule has 154 valence electrons. The Morgan fingerprint density at radius 3 is 2.62 bits per heavy atom. The van der Waals surface area contributed by atoms with Crippen LogP contribution in [-0.4, -0.2) is 30.6 Å². The maximum Gasteiger partial charge on any atom is 0.189 e. The molecule has 29 heavy (non-hydrogen) atoms. The summed E-state index contributed by atoms with van der Waals surface area (Å²) in [4.78, 5) is 7.21. The molecule has 2 aromatic carbocycles. The number of likely N-dealkylation sites (tertiary alicyclic amines) is 1. The Balaban J connectivity index is 1.39. The maximum atomic E-state index is 6.25. The number of nitrogens with zero attached hydrogens (tertiary/aromatic N) is 2. The van der Waals surface area contributed by atoms with E-state index in [1.54, 1.807) is 0 Å². The van der Waals surface area contributed by atoms with Crippen LogP contribution in [-0.2, 0) is 13.1 Å². The Hall–Kier alpha value is -2.53. The van der Waals surface area contributed by atoms with Crippen molar-refractivity contribution in [3.8, 4) is 5.75 Å². The van der Waals surface area contributed by atoms with Crippen molar-refractivity contribution in [2.45, 2.75) is 45.3 Å². The molecule has 1 saturated heterocycles. The molecule has 2 heterocycles. The zero-order valence-electron chi connectivity index (χ0n) is 17.3. The van der Waals surface area contributed by atoms with Gasteiger partial charge in [0.05, 0.1) is 19.2 Å². The first-order valence-electron chi connectivity index (χ1n) is 10.8. The fraction of sp³-hybridized carbons (Fsp3) is 0.458. The van der Waals surface area contributed by atoms with E-state index in [9.17, 15) is 0 Å². The minimum atomic E-state index is 0.147. The lowest BCUT2D eigenvalue weighted by Gasteiger charge is -2.30. The molecule has 0 aliphatic carbocycles. The second-order valence-electron chi connectivity index (χ2n) is 8.30. The number of rotatable bonds is 5. The molecule has 0 bridgehead atoms. The average Bonchev–Trinajstić information content (AvgIpc) is 2.75. The first-order chi connectivity index (χ1) is 14.2. The highest BCUT2D eigenvalue weighted by atomic mass is 16.5. The van der Waals surface area contributed by atoms with E-state index in [1.165, 1.54) is 37.1 Å². The van der Waals surface area contributed by atoms with Crippen LogP contribution in [0.2, 0.25) is 0 Å². The van der Waals surface area contributed by atoms with Crippen molar-refractivity contribution in [3.05, 3.63) is 65.2 Å². The summed E-state index contributed by atoms with van der Waals surface area (Å²) in [6.07, 6.45) is 3.48. The number of ether oxygens (including phenoxy) is 1. The van der Waals surface area contributed by atoms with Gasteiger partial charge in [-0.1, -0.05) is 49.4 Å². The van der Waals surface area contributed by atoms with Crippen LogP contribution in [0.4, 0.5) is 0 Å². The lowest BCUT2D eigenvalue weighted by Crippen LogP contribution is -2.37. The fourth-order valence-corrected chi connectivity index (χ4v) is 4.21. The number of guanidine groups is 1. The van der Waals surface area contributed by atoms with E-state index in [4.69, 9.17) is 10.5 Å². The van der Waals surface area contributed by atoms with Gasteiger partial charge in [0.25, 0.3) is 0 Å². The standard InChI is InChI=1S/C24H32N4O/c1-18-10-13-28(14-11-18)17-20-7-3-2-6-19(20)16-26-24(25)27-22-12-15-29-23-9-5-4-8-21(22)23/h2-9,18,22H,10-17H2,1H3,(H3,25,26,27). The smallest absolute Gasteiger partial charge is 0.189 e. The Morgan fingerprint density at radius 2 is 1.79 bits per heavy atom. The van der Waals surface area contributed by atoms with E-state index >= 15 is 0 Å².